The summed E-state index contributed by atoms with van der Waals surface area (Å²) in [4.78, 5) is 24.1. The van der Waals surface area contributed by atoms with E-state index < -0.39 is 11.7 Å². The largest absolute Gasteiger partial charge is 0.497 e. The summed E-state index contributed by atoms with van der Waals surface area (Å²) >= 11 is 2.32. The smallest absolute Gasteiger partial charge is 0.257 e. The van der Waals surface area contributed by atoms with E-state index in [1.165, 1.54) is 30.0 Å². The van der Waals surface area contributed by atoms with Crippen molar-refractivity contribution in [3.63, 3.8) is 0 Å². The number of nitrogens with one attached hydrogen (secondary N) is 2. The lowest BCUT2D eigenvalue weighted by molar-refractivity contribution is -0.113. The van der Waals surface area contributed by atoms with E-state index in [2.05, 4.69) is 20.8 Å². The highest BCUT2D eigenvalue weighted by atomic mass is 32.2. The molecule has 10 heteroatoms. The van der Waals surface area contributed by atoms with Crippen LogP contribution in [0.25, 0.3) is 0 Å². The second-order valence-electron chi connectivity index (χ2n) is 5.41. The fraction of sp³-hybridized carbons (Fsp3) is 0.111. The third-order valence-electron chi connectivity index (χ3n) is 3.39. The van der Waals surface area contributed by atoms with Crippen LogP contribution >= 0.6 is 23.1 Å². The number of benzene rings is 2. The molecule has 7 nitrogen and oxygen atoms in total. The van der Waals surface area contributed by atoms with Crippen molar-refractivity contribution in [2.24, 2.45) is 0 Å². The van der Waals surface area contributed by atoms with Crippen LogP contribution in [-0.4, -0.2) is 34.9 Å². The molecule has 0 aliphatic heterocycles. The van der Waals surface area contributed by atoms with E-state index in [9.17, 15) is 14.0 Å². The van der Waals surface area contributed by atoms with Crippen LogP contribution in [0, 0.1) is 5.82 Å². The first kappa shape index (κ1) is 19.8. The van der Waals surface area contributed by atoms with Gasteiger partial charge in [0.15, 0.2) is 4.34 Å². The van der Waals surface area contributed by atoms with Crippen LogP contribution in [0.4, 0.5) is 15.2 Å². The van der Waals surface area contributed by atoms with Gasteiger partial charge in [0.25, 0.3) is 5.91 Å². The number of hydrogen-bond donors (Lipinski definition) is 2. The second-order valence-corrected chi connectivity index (χ2v) is 7.61. The van der Waals surface area contributed by atoms with E-state index in [0.717, 1.165) is 17.4 Å². The van der Waals surface area contributed by atoms with Gasteiger partial charge in [-0.15, -0.1) is 10.2 Å². The lowest BCUT2D eigenvalue weighted by Gasteiger charge is -2.06. The third kappa shape index (κ3) is 5.51. The molecule has 0 bridgehead atoms. The number of nitrogens with zero attached hydrogens (tertiary/aromatic N) is 2. The first-order chi connectivity index (χ1) is 13.5. The lowest BCUT2D eigenvalue weighted by atomic mass is 10.2. The average Bonchev–Trinajstić information content (AvgIpc) is 3.14. The molecule has 144 valence electrons. The van der Waals surface area contributed by atoms with Crippen LogP contribution in [0.3, 0.4) is 0 Å². The molecule has 28 heavy (non-hydrogen) atoms. The summed E-state index contributed by atoms with van der Waals surface area (Å²) in [5.41, 5.74) is 0.812. The predicted octanol–water partition coefficient (Wildman–Crippen LogP) is 3.67. The number of aromatic nitrogens is 2. The molecule has 1 aromatic heterocycles. The highest BCUT2D eigenvalue weighted by molar-refractivity contribution is 8.01. The molecule has 2 amide bonds. The summed E-state index contributed by atoms with van der Waals surface area (Å²) in [6, 6.07) is 12.4. The Balaban J connectivity index is 1.51. The van der Waals surface area contributed by atoms with Gasteiger partial charge in [-0.25, -0.2) is 4.39 Å². The molecule has 0 unspecified atom stereocenters. The highest BCUT2D eigenvalue weighted by Gasteiger charge is 2.12. The molecular weight excluding hydrogens is 403 g/mol. The molecule has 0 aliphatic carbocycles. The monoisotopic (exact) mass is 418 g/mol. The quantitative estimate of drug-likeness (QED) is 0.449. The SMILES string of the molecule is COc1cccc(NC(=O)CSc2nnc(NC(=O)c3cccc(F)c3)s2)c1. The molecule has 2 N–H and O–H groups in total. The number of carbonyl (C=O) groups is 2. The van der Waals surface area contributed by atoms with Crippen LogP contribution in [0.2, 0.25) is 0 Å². The van der Waals surface area contributed by atoms with Crippen LogP contribution in [0.15, 0.2) is 52.9 Å². The van der Waals surface area contributed by atoms with Crippen LogP contribution in [0.1, 0.15) is 10.4 Å². The van der Waals surface area contributed by atoms with E-state index >= 15 is 0 Å². The molecule has 1 heterocycles. The second kappa shape index (κ2) is 9.29. The van der Waals surface area contributed by atoms with Gasteiger partial charge in [-0.2, -0.15) is 0 Å². The number of methoxy groups -OCH3 is 1. The Morgan fingerprint density at radius 1 is 1.14 bits per heavy atom. The normalized spacial score (nSPS) is 10.4. The minimum atomic E-state index is -0.497. The van der Waals surface area contributed by atoms with E-state index in [-0.39, 0.29) is 22.4 Å². The van der Waals surface area contributed by atoms with E-state index in [4.69, 9.17) is 4.74 Å². The Bertz CT molecular complexity index is 996. The summed E-state index contributed by atoms with van der Waals surface area (Å²) in [6.07, 6.45) is 0. The van der Waals surface area contributed by atoms with Crippen molar-refractivity contribution in [1.82, 2.24) is 10.2 Å². The number of amides is 2. The van der Waals surface area contributed by atoms with Crippen molar-refractivity contribution in [3.8, 4) is 5.75 Å². The molecule has 0 spiro atoms. The Hall–Kier alpha value is -2.98. The number of halogens is 1. The Kier molecular flexibility index (Phi) is 6.56. The Morgan fingerprint density at radius 3 is 2.75 bits per heavy atom. The van der Waals surface area contributed by atoms with Crippen molar-refractivity contribution in [2.45, 2.75) is 4.34 Å². The van der Waals surface area contributed by atoms with Crippen LogP contribution in [0.5, 0.6) is 5.75 Å². The number of thioether (sulfide) groups is 1. The number of rotatable bonds is 7. The zero-order chi connectivity index (χ0) is 19.9. The standard InChI is InChI=1S/C18H15FN4O3S2/c1-26-14-7-3-6-13(9-14)20-15(24)10-27-18-23-22-17(28-18)21-16(25)11-4-2-5-12(19)8-11/h2-9H,10H2,1H3,(H,20,24)(H,21,22,25). The van der Waals surface area contributed by atoms with Crippen molar-refractivity contribution < 1.29 is 18.7 Å². The molecule has 0 fully saturated rings. The maximum absolute atomic E-state index is 13.2. The Labute approximate surface area is 168 Å². The molecule has 2 aromatic carbocycles. The first-order valence-corrected chi connectivity index (χ1v) is 9.81. The molecule has 0 atom stereocenters. The maximum Gasteiger partial charge on any atom is 0.257 e. The van der Waals surface area contributed by atoms with Gasteiger partial charge in [-0.05, 0) is 30.3 Å². The number of ether oxygens (including phenoxy) is 1. The van der Waals surface area contributed by atoms with E-state index in [0.29, 0.717) is 15.8 Å². The third-order valence-corrected chi connectivity index (χ3v) is 5.37. The fourth-order valence-electron chi connectivity index (χ4n) is 2.14. The van der Waals surface area contributed by atoms with Crippen molar-refractivity contribution in [2.75, 3.05) is 23.5 Å². The number of hydrogen-bond acceptors (Lipinski definition) is 7. The molecule has 0 aliphatic rings. The zero-order valence-corrected chi connectivity index (χ0v) is 16.3. The topological polar surface area (TPSA) is 93.2 Å². The molecule has 0 saturated carbocycles. The lowest BCUT2D eigenvalue weighted by Crippen LogP contribution is -2.13. The van der Waals surface area contributed by atoms with Gasteiger partial charge in [0.05, 0.1) is 12.9 Å². The van der Waals surface area contributed by atoms with Gasteiger partial charge >= 0.3 is 0 Å². The molecule has 3 rings (SSSR count). The number of anilines is 2. The van der Waals surface area contributed by atoms with Crippen molar-refractivity contribution in [3.05, 3.63) is 59.9 Å². The molecule has 0 saturated heterocycles. The van der Waals surface area contributed by atoms with Gasteiger partial charge in [0.2, 0.25) is 11.0 Å². The highest BCUT2D eigenvalue weighted by Crippen LogP contribution is 2.26. The summed E-state index contributed by atoms with van der Waals surface area (Å²) in [5, 5.41) is 13.4. The van der Waals surface area contributed by atoms with Gasteiger partial charge < -0.3 is 10.1 Å². The number of carbonyl (C=O) groups excluding carboxylic acids is 2. The first-order valence-electron chi connectivity index (χ1n) is 8.00. The Morgan fingerprint density at radius 2 is 1.96 bits per heavy atom. The summed E-state index contributed by atoms with van der Waals surface area (Å²) < 4.78 is 18.8. The maximum atomic E-state index is 13.2. The van der Waals surface area contributed by atoms with Crippen molar-refractivity contribution >= 4 is 45.7 Å². The minimum Gasteiger partial charge on any atom is -0.497 e. The minimum absolute atomic E-state index is 0.129. The summed E-state index contributed by atoms with van der Waals surface area (Å²) in [7, 11) is 1.55. The van der Waals surface area contributed by atoms with Crippen LogP contribution < -0.4 is 15.4 Å². The van der Waals surface area contributed by atoms with Crippen molar-refractivity contribution in [1.29, 1.82) is 0 Å². The van der Waals surface area contributed by atoms with Gasteiger partial charge in [0.1, 0.15) is 11.6 Å². The molecule has 0 radical (unpaired) electrons. The predicted molar refractivity (Wildman–Crippen MR) is 107 cm³/mol. The summed E-state index contributed by atoms with van der Waals surface area (Å²) in [6.45, 7) is 0. The van der Waals surface area contributed by atoms with Gasteiger partial charge in [-0.1, -0.05) is 35.2 Å². The molecular formula is C18H15FN4O3S2. The van der Waals surface area contributed by atoms with E-state index in [1.54, 1.807) is 31.4 Å². The summed E-state index contributed by atoms with van der Waals surface area (Å²) in [5.74, 6) is -0.415. The fourth-order valence-corrected chi connectivity index (χ4v) is 3.69. The van der Waals surface area contributed by atoms with Gasteiger partial charge in [-0.3, -0.25) is 14.9 Å². The molecule has 3 aromatic rings. The average molecular weight is 418 g/mol. The van der Waals surface area contributed by atoms with E-state index in [1.807, 2.05) is 0 Å². The zero-order valence-electron chi connectivity index (χ0n) is 14.6. The van der Waals surface area contributed by atoms with Gasteiger partial charge in [0, 0.05) is 17.3 Å². The van der Waals surface area contributed by atoms with Crippen LogP contribution in [-0.2, 0) is 4.79 Å².